The molecule has 1 unspecified atom stereocenters. The molecule has 80 valence electrons. The summed E-state index contributed by atoms with van der Waals surface area (Å²) in [6.07, 6.45) is 3.69. The molecule has 0 saturated heterocycles. The summed E-state index contributed by atoms with van der Waals surface area (Å²) >= 11 is 0. The Bertz CT molecular complexity index is 239. The van der Waals surface area contributed by atoms with E-state index < -0.39 is 11.7 Å². The molecule has 0 saturated carbocycles. The lowest BCUT2D eigenvalue weighted by atomic mass is 9.96. The van der Waals surface area contributed by atoms with E-state index in [1.54, 1.807) is 0 Å². The van der Waals surface area contributed by atoms with E-state index in [-0.39, 0.29) is 0 Å². The van der Waals surface area contributed by atoms with Gasteiger partial charge in [0.1, 0.15) is 11.7 Å². The van der Waals surface area contributed by atoms with Gasteiger partial charge >= 0.3 is 0 Å². The Morgan fingerprint density at radius 2 is 1.93 bits per heavy atom. The van der Waals surface area contributed by atoms with E-state index in [0.29, 0.717) is 17.9 Å². The minimum absolute atomic E-state index is 0.318. The molecule has 0 radical (unpaired) electrons. The van der Waals surface area contributed by atoms with Gasteiger partial charge in [-0.05, 0) is 24.0 Å². The Balaban J connectivity index is 4.38. The van der Waals surface area contributed by atoms with Gasteiger partial charge in [-0.2, -0.15) is 0 Å². The molecule has 0 aliphatic rings. The fraction of sp³-hybridized carbons (Fsp3) is 0.500. The van der Waals surface area contributed by atoms with Gasteiger partial charge in [-0.3, -0.25) is 0 Å². The average molecular weight is 200 g/mol. The van der Waals surface area contributed by atoms with Crippen LogP contribution in [0.5, 0.6) is 0 Å². The van der Waals surface area contributed by atoms with E-state index in [1.807, 2.05) is 6.92 Å². The highest BCUT2D eigenvalue weighted by Crippen LogP contribution is 2.23. The highest BCUT2D eigenvalue weighted by Gasteiger charge is 2.08. The van der Waals surface area contributed by atoms with E-state index in [0.717, 1.165) is 18.9 Å². The zero-order valence-corrected chi connectivity index (χ0v) is 8.95. The largest absolute Gasteiger partial charge is 0.208 e. The summed E-state index contributed by atoms with van der Waals surface area (Å²) in [6, 6.07) is 0. The lowest BCUT2D eigenvalue weighted by Crippen LogP contribution is -1.97. The molecule has 0 aromatic carbocycles. The first-order valence-corrected chi connectivity index (χ1v) is 4.87. The maximum absolute atomic E-state index is 12.9. The van der Waals surface area contributed by atoms with Crippen LogP contribution in [0.25, 0.3) is 0 Å². The molecule has 0 aromatic heterocycles. The summed E-state index contributed by atoms with van der Waals surface area (Å²) < 4.78 is 25.3. The number of rotatable bonds is 6. The van der Waals surface area contributed by atoms with Crippen molar-refractivity contribution in [3.05, 3.63) is 36.5 Å². The zero-order valence-electron chi connectivity index (χ0n) is 8.95. The van der Waals surface area contributed by atoms with Crippen LogP contribution >= 0.6 is 0 Å². The fourth-order valence-corrected chi connectivity index (χ4v) is 1.41. The smallest absolute Gasteiger partial charge is 0.119 e. The van der Waals surface area contributed by atoms with Crippen molar-refractivity contribution in [1.29, 1.82) is 0 Å². The third kappa shape index (κ3) is 5.68. The molecule has 0 aliphatic heterocycles. The summed E-state index contributed by atoms with van der Waals surface area (Å²) in [5, 5.41) is 0. The number of hydrogen-bond donors (Lipinski definition) is 0. The van der Waals surface area contributed by atoms with Crippen molar-refractivity contribution in [2.45, 2.75) is 33.1 Å². The maximum atomic E-state index is 12.9. The third-order valence-corrected chi connectivity index (χ3v) is 2.03. The molecule has 0 aromatic rings. The van der Waals surface area contributed by atoms with Gasteiger partial charge < -0.3 is 0 Å². The molecule has 0 heterocycles. The standard InChI is InChI=1S/C12H18F2/c1-5-6-9(2)7-12(11(4)14)8-10(3)13/h8-9H,3-7H2,1-2H3/b12-8-. The quantitative estimate of drug-likeness (QED) is 0.545. The molecule has 0 fully saturated rings. The van der Waals surface area contributed by atoms with E-state index in [1.165, 1.54) is 0 Å². The van der Waals surface area contributed by atoms with Gasteiger partial charge in [-0.1, -0.05) is 39.8 Å². The van der Waals surface area contributed by atoms with E-state index in [2.05, 4.69) is 20.1 Å². The molecular weight excluding hydrogens is 182 g/mol. The zero-order chi connectivity index (χ0) is 11.1. The molecule has 0 spiro atoms. The molecule has 0 amide bonds. The summed E-state index contributed by atoms with van der Waals surface area (Å²) in [7, 11) is 0. The predicted octanol–water partition coefficient (Wildman–Crippen LogP) is 4.71. The van der Waals surface area contributed by atoms with E-state index in [9.17, 15) is 8.78 Å². The molecule has 2 heteroatoms. The Hall–Kier alpha value is -0.920. The van der Waals surface area contributed by atoms with Crippen LogP contribution in [0.3, 0.4) is 0 Å². The van der Waals surface area contributed by atoms with Crippen molar-refractivity contribution in [3.8, 4) is 0 Å². The second-order valence-corrected chi connectivity index (χ2v) is 3.62. The first-order valence-electron chi connectivity index (χ1n) is 4.87. The highest BCUT2D eigenvalue weighted by molar-refractivity contribution is 5.28. The van der Waals surface area contributed by atoms with Crippen molar-refractivity contribution in [2.75, 3.05) is 0 Å². The van der Waals surface area contributed by atoms with Gasteiger partial charge in [0.15, 0.2) is 0 Å². The van der Waals surface area contributed by atoms with Crippen molar-refractivity contribution < 1.29 is 8.78 Å². The maximum Gasteiger partial charge on any atom is 0.119 e. The molecule has 1 atom stereocenters. The molecule has 14 heavy (non-hydrogen) atoms. The van der Waals surface area contributed by atoms with Crippen LogP contribution in [-0.4, -0.2) is 0 Å². The molecule has 0 bridgehead atoms. The summed E-state index contributed by atoms with van der Waals surface area (Å²) in [5.74, 6) is -0.840. The predicted molar refractivity (Wildman–Crippen MR) is 57.3 cm³/mol. The molecule has 0 rings (SSSR count). The van der Waals surface area contributed by atoms with Crippen LogP contribution in [0.15, 0.2) is 36.5 Å². The Labute approximate surface area is 85.0 Å². The number of hydrogen-bond acceptors (Lipinski definition) is 0. The molecular formula is C12H18F2. The van der Waals surface area contributed by atoms with Crippen LogP contribution in [0.1, 0.15) is 33.1 Å². The Morgan fingerprint density at radius 1 is 1.36 bits per heavy atom. The van der Waals surface area contributed by atoms with Crippen molar-refractivity contribution in [2.24, 2.45) is 5.92 Å². The van der Waals surface area contributed by atoms with Crippen LogP contribution < -0.4 is 0 Å². The summed E-state index contributed by atoms with van der Waals surface area (Å²) in [6.45, 7) is 10.3. The third-order valence-electron chi connectivity index (χ3n) is 2.03. The number of allylic oxidation sites excluding steroid dienone is 4. The van der Waals surface area contributed by atoms with Gasteiger partial charge in [0.05, 0.1) is 0 Å². The Morgan fingerprint density at radius 3 is 2.29 bits per heavy atom. The summed E-state index contributed by atoms with van der Waals surface area (Å²) in [5.41, 5.74) is 0.318. The molecule has 0 nitrogen and oxygen atoms in total. The van der Waals surface area contributed by atoms with Gasteiger partial charge in [-0.25, -0.2) is 8.78 Å². The van der Waals surface area contributed by atoms with Gasteiger partial charge in [0.2, 0.25) is 0 Å². The highest BCUT2D eigenvalue weighted by atomic mass is 19.1. The second-order valence-electron chi connectivity index (χ2n) is 3.62. The normalized spacial score (nSPS) is 13.9. The minimum atomic E-state index is -0.623. The fourth-order valence-electron chi connectivity index (χ4n) is 1.41. The second kappa shape index (κ2) is 6.52. The van der Waals surface area contributed by atoms with Gasteiger partial charge in [0.25, 0.3) is 0 Å². The van der Waals surface area contributed by atoms with Crippen LogP contribution in [-0.2, 0) is 0 Å². The van der Waals surface area contributed by atoms with Crippen LogP contribution in [0.2, 0.25) is 0 Å². The van der Waals surface area contributed by atoms with Crippen LogP contribution in [0, 0.1) is 5.92 Å². The van der Waals surface area contributed by atoms with Crippen molar-refractivity contribution in [3.63, 3.8) is 0 Å². The first-order chi connectivity index (χ1) is 6.47. The minimum Gasteiger partial charge on any atom is -0.208 e. The van der Waals surface area contributed by atoms with Gasteiger partial charge in [0, 0.05) is 0 Å². The molecule has 0 N–H and O–H groups in total. The van der Waals surface area contributed by atoms with Gasteiger partial charge in [-0.15, -0.1) is 0 Å². The molecule has 0 aliphatic carbocycles. The lowest BCUT2D eigenvalue weighted by molar-refractivity contribution is 0.506. The first kappa shape index (κ1) is 13.1. The van der Waals surface area contributed by atoms with E-state index in [4.69, 9.17) is 0 Å². The monoisotopic (exact) mass is 200 g/mol. The SMILES string of the molecule is C=C(F)/C=C(/CC(C)CCC)C(=C)F. The topological polar surface area (TPSA) is 0 Å². The number of halogens is 2. The van der Waals surface area contributed by atoms with Crippen molar-refractivity contribution in [1.82, 2.24) is 0 Å². The lowest BCUT2D eigenvalue weighted by Gasteiger charge is -2.11. The Kier molecular flexibility index (Phi) is 6.09. The summed E-state index contributed by atoms with van der Waals surface area (Å²) in [4.78, 5) is 0. The van der Waals surface area contributed by atoms with E-state index >= 15 is 0 Å². The van der Waals surface area contributed by atoms with Crippen LogP contribution in [0.4, 0.5) is 8.78 Å². The van der Waals surface area contributed by atoms with Crippen molar-refractivity contribution >= 4 is 0 Å². The average Bonchev–Trinajstić information content (AvgIpc) is 2.02.